The summed E-state index contributed by atoms with van der Waals surface area (Å²) in [5.74, 6) is -1.72. The molecule has 1 aliphatic rings. The van der Waals surface area contributed by atoms with Crippen molar-refractivity contribution in [2.24, 2.45) is 0 Å². The Bertz CT molecular complexity index is 812. The van der Waals surface area contributed by atoms with Crippen LogP contribution in [-0.4, -0.2) is 23.2 Å². The highest BCUT2D eigenvalue weighted by atomic mass is 127. The summed E-state index contributed by atoms with van der Waals surface area (Å²) in [5, 5.41) is 12.4. The molecule has 25 heavy (non-hydrogen) atoms. The monoisotopic (exact) mass is 460 g/mol. The Balaban J connectivity index is 1.76. The Morgan fingerprint density at radius 2 is 1.96 bits per heavy atom. The highest BCUT2D eigenvalue weighted by molar-refractivity contribution is 14.1. The molecule has 1 saturated carbocycles. The molecule has 1 fully saturated rings. The predicted molar refractivity (Wildman–Crippen MR) is 96.4 cm³/mol. The third-order valence-corrected chi connectivity index (χ3v) is 4.43. The zero-order chi connectivity index (χ0) is 18.0. The van der Waals surface area contributed by atoms with E-state index >= 15 is 0 Å². The number of carbonyl (C=O) groups is 1. The van der Waals surface area contributed by atoms with Crippen molar-refractivity contribution >= 4 is 39.9 Å². The van der Waals surface area contributed by atoms with Crippen molar-refractivity contribution in [3.05, 3.63) is 57.2 Å². The van der Waals surface area contributed by atoms with Gasteiger partial charge in [0.2, 0.25) is 0 Å². The molecule has 5 nitrogen and oxygen atoms in total. The van der Waals surface area contributed by atoms with E-state index in [2.05, 4.69) is 10.8 Å². The van der Waals surface area contributed by atoms with Crippen LogP contribution in [0.2, 0.25) is 0 Å². The van der Waals surface area contributed by atoms with Gasteiger partial charge < -0.3 is 10.4 Å². The van der Waals surface area contributed by atoms with Gasteiger partial charge in [0.1, 0.15) is 18.2 Å². The normalized spacial score (nSPS) is 14.9. The summed E-state index contributed by atoms with van der Waals surface area (Å²) in [4.78, 5) is 17.2. The molecule has 0 unspecified atom stereocenters. The summed E-state index contributed by atoms with van der Waals surface area (Å²) in [6.45, 7) is -0.0194. The SMILES string of the molecule is O=C(NOCC1(O)CC1)c1ccc(F)cc1Nc1ccc(I)cc1F. The second-order valence-electron chi connectivity index (χ2n) is 5.88. The topological polar surface area (TPSA) is 70.6 Å². The Hall–Kier alpha value is -1.78. The summed E-state index contributed by atoms with van der Waals surface area (Å²) in [7, 11) is 0. The molecule has 1 amide bonds. The number of nitrogens with one attached hydrogen (secondary N) is 2. The highest BCUT2D eigenvalue weighted by Crippen LogP contribution is 2.34. The number of carbonyl (C=O) groups excluding carboxylic acids is 1. The smallest absolute Gasteiger partial charge is 0.276 e. The predicted octanol–water partition coefficient (Wildman–Crippen LogP) is 3.50. The minimum Gasteiger partial charge on any atom is -0.387 e. The lowest BCUT2D eigenvalue weighted by atomic mass is 10.1. The summed E-state index contributed by atoms with van der Waals surface area (Å²) >= 11 is 1.97. The van der Waals surface area contributed by atoms with Crippen molar-refractivity contribution < 1.29 is 23.5 Å². The number of aliphatic hydroxyl groups is 1. The van der Waals surface area contributed by atoms with Gasteiger partial charge in [0.25, 0.3) is 5.91 Å². The standard InChI is InChI=1S/C17H15F2IN2O3/c18-10-1-3-12(16(23)22-25-9-17(24)5-6-17)15(7-10)21-14-4-2-11(20)8-13(14)19/h1-4,7-8,21,24H,5-6,9H2,(H,22,23). The van der Waals surface area contributed by atoms with Crippen molar-refractivity contribution in [3.8, 4) is 0 Å². The molecule has 132 valence electrons. The van der Waals surface area contributed by atoms with E-state index in [1.807, 2.05) is 22.6 Å². The number of halogens is 3. The van der Waals surface area contributed by atoms with E-state index in [1.54, 1.807) is 6.07 Å². The minimum atomic E-state index is -0.874. The van der Waals surface area contributed by atoms with Crippen LogP contribution in [-0.2, 0) is 4.84 Å². The van der Waals surface area contributed by atoms with Gasteiger partial charge in [-0.05, 0) is 71.8 Å². The molecule has 0 atom stereocenters. The Labute approximate surface area is 156 Å². The van der Waals surface area contributed by atoms with E-state index in [0.717, 1.165) is 12.1 Å². The number of hydrogen-bond donors (Lipinski definition) is 3. The van der Waals surface area contributed by atoms with Gasteiger partial charge in [0.15, 0.2) is 0 Å². The van der Waals surface area contributed by atoms with Crippen LogP contribution in [0.5, 0.6) is 0 Å². The van der Waals surface area contributed by atoms with Gasteiger partial charge in [0, 0.05) is 3.57 Å². The lowest BCUT2D eigenvalue weighted by Crippen LogP contribution is -2.29. The zero-order valence-electron chi connectivity index (χ0n) is 13.0. The van der Waals surface area contributed by atoms with Crippen LogP contribution >= 0.6 is 22.6 Å². The summed E-state index contributed by atoms with van der Waals surface area (Å²) < 4.78 is 28.3. The molecule has 0 aliphatic heterocycles. The lowest BCUT2D eigenvalue weighted by Gasteiger charge is -2.14. The van der Waals surface area contributed by atoms with Gasteiger partial charge in [-0.2, -0.15) is 0 Å². The molecule has 0 radical (unpaired) electrons. The van der Waals surface area contributed by atoms with Crippen LogP contribution in [0.15, 0.2) is 36.4 Å². The van der Waals surface area contributed by atoms with E-state index in [-0.39, 0.29) is 23.5 Å². The van der Waals surface area contributed by atoms with Gasteiger partial charge in [-0.3, -0.25) is 9.63 Å². The molecule has 2 aromatic carbocycles. The van der Waals surface area contributed by atoms with Crippen molar-refractivity contribution in [1.29, 1.82) is 0 Å². The van der Waals surface area contributed by atoms with Crippen molar-refractivity contribution in [1.82, 2.24) is 5.48 Å². The molecule has 0 heterocycles. The van der Waals surface area contributed by atoms with Crippen LogP contribution in [0.4, 0.5) is 20.2 Å². The molecule has 1 aliphatic carbocycles. The van der Waals surface area contributed by atoms with Crippen molar-refractivity contribution in [3.63, 3.8) is 0 Å². The number of anilines is 2. The van der Waals surface area contributed by atoms with Gasteiger partial charge in [-0.1, -0.05) is 0 Å². The number of hydrogen-bond acceptors (Lipinski definition) is 4. The molecule has 0 spiro atoms. The van der Waals surface area contributed by atoms with Crippen LogP contribution in [0.1, 0.15) is 23.2 Å². The molecule has 2 aromatic rings. The molecule has 3 rings (SSSR count). The van der Waals surface area contributed by atoms with E-state index in [9.17, 15) is 18.7 Å². The molecule has 3 N–H and O–H groups in total. The maximum Gasteiger partial charge on any atom is 0.276 e. The minimum absolute atomic E-state index is 0.0194. The maximum absolute atomic E-state index is 14.0. The van der Waals surface area contributed by atoms with Crippen molar-refractivity contribution in [2.45, 2.75) is 18.4 Å². The molecule has 8 heteroatoms. The first kappa shape index (κ1) is 18.0. The average molecular weight is 460 g/mol. The zero-order valence-corrected chi connectivity index (χ0v) is 15.1. The molecule has 0 saturated heterocycles. The average Bonchev–Trinajstić information content (AvgIpc) is 3.28. The lowest BCUT2D eigenvalue weighted by molar-refractivity contribution is -0.0230. The van der Waals surface area contributed by atoms with Gasteiger partial charge >= 0.3 is 0 Å². The third kappa shape index (κ3) is 4.65. The van der Waals surface area contributed by atoms with Gasteiger partial charge in [0.05, 0.1) is 22.5 Å². The molecular weight excluding hydrogens is 445 g/mol. The first-order valence-corrected chi connectivity index (χ1v) is 8.60. The molecule has 0 aromatic heterocycles. The fourth-order valence-electron chi connectivity index (χ4n) is 2.13. The van der Waals surface area contributed by atoms with E-state index in [0.29, 0.717) is 16.4 Å². The van der Waals surface area contributed by atoms with Gasteiger partial charge in [-0.15, -0.1) is 0 Å². The number of benzene rings is 2. The van der Waals surface area contributed by atoms with E-state index in [1.165, 1.54) is 18.2 Å². The maximum atomic E-state index is 14.0. The molecular formula is C17H15F2IN2O3. The number of amides is 1. The Kier molecular flexibility index (Phi) is 5.21. The second kappa shape index (κ2) is 7.22. The van der Waals surface area contributed by atoms with Crippen LogP contribution in [0, 0.1) is 15.2 Å². The Morgan fingerprint density at radius 3 is 2.64 bits per heavy atom. The largest absolute Gasteiger partial charge is 0.387 e. The summed E-state index contributed by atoms with van der Waals surface area (Å²) in [6.07, 6.45) is 1.25. The first-order valence-electron chi connectivity index (χ1n) is 7.52. The Morgan fingerprint density at radius 1 is 1.20 bits per heavy atom. The number of rotatable bonds is 6. The third-order valence-electron chi connectivity index (χ3n) is 3.76. The highest BCUT2D eigenvalue weighted by Gasteiger charge is 2.41. The molecule has 0 bridgehead atoms. The van der Waals surface area contributed by atoms with E-state index < -0.39 is 23.1 Å². The number of hydroxylamine groups is 1. The van der Waals surface area contributed by atoms with Crippen LogP contribution in [0.25, 0.3) is 0 Å². The fourth-order valence-corrected chi connectivity index (χ4v) is 2.59. The summed E-state index contributed by atoms with van der Waals surface area (Å²) in [6, 6.07) is 8.00. The van der Waals surface area contributed by atoms with Crippen LogP contribution in [0.3, 0.4) is 0 Å². The van der Waals surface area contributed by atoms with Gasteiger partial charge in [-0.25, -0.2) is 14.3 Å². The first-order chi connectivity index (χ1) is 11.9. The fraction of sp³-hybridized carbons (Fsp3) is 0.235. The van der Waals surface area contributed by atoms with E-state index in [4.69, 9.17) is 4.84 Å². The van der Waals surface area contributed by atoms with Crippen LogP contribution < -0.4 is 10.8 Å². The quantitative estimate of drug-likeness (QED) is 0.456. The van der Waals surface area contributed by atoms with Crippen molar-refractivity contribution in [2.75, 3.05) is 11.9 Å². The second-order valence-corrected chi connectivity index (χ2v) is 7.13. The summed E-state index contributed by atoms with van der Waals surface area (Å²) in [5.41, 5.74) is 1.64.